The van der Waals surface area contributed by atoms with Gasteiger partial charge in [-0.05, 0) is 153 Å². The Morgan fingerprint density at radius 2 is 0.847 bits per heavy atom. The standard InChI is InChI=1S/C58H51N/c1-36-20-30-49-52(33-36)58(7,8)54-34-37(2)32-50(56(49)54)41-23-27-43(28-24-41)59(44-29-31-48-47-17-11-12-19-51(47)57(5,6)53(48)35-44)42-25-21-40(22-26-42)46-18-13-15-39(4)55(46)45-16-10-9-14-38(45)3/h9-35H,1-8H3. The molecule has 0 unspecified atom stereocenters. The van der Waals surface area contributed by atoms with Gasteiger partial charge in [0.05, 0.1) is 0 Å². The van der Waals surface area contributed by atoms with Crippen LogP contribution in [0.15, 0.2) is 164 Å². The fourth-order valence-corrected chi connectivity index (χ4v) is 10.3. The molecule has 0 spiro atoms. The van der Waals surface area contributed by atoms with Crippen molar-refractivity contribution in [2.75, 3.05) is 4.90 Å². The first-order valence-electron chi connectivity index (χ1n) is 21.1. The minimum atomic E-state index is -0.105. The summed E-state index contributed by atoms with van der Waals surface area (Å²) >= 11 is 0. The number of hydrogen-bond donors (Lipinski definition) is 0. The van der Waals surface area contributed by atoms with Gasteiger partial charge in [0.1, 0.15) is 0 Å². The van der Waals surface area contributed by atoms with Crippen molar-refractivity contribution in [1.29, 1.82) is 0 Å². The predicted octanol–water partition coefficient (Wildman–Crippen LogP) is 16.0. The minimum absolute atomic E-state index is 0.0551. The Morgan fingerprint density at radius 3 is 1.56 bits per heavy atom. The summed E-state index contributed by atoms with van der Waals surface area (Å²) in [4.78, 5) is 2.44. The smallest absolute Gasteiger partial charge is 0.0465 e. The summed E-state index contributed by atoms with van der Waals surface area (Å²) in [5.41, 5.74) is 27.0. The molecule has 0 heterocycles. The average molecular weight is 762 g/mol. The maximum Gasteiger partial charge on any atom is 0.0465 e. The van der Waals surface area contributed by atoms with E-state index in [1.807, 2.05) is 0 Å². The zero-order valence-corrected chi connectivity index (χ0v) is 35.5. The zero-order valence-electron chi connectivity index (χ0n) is 35.5. The molecule has 2 aliphatic carbocycles. The van der Waals surface area contributed by atoms with Crippen LogP contribution in [-0.4, -0.2) is 0 Å². The van der Waals surface area contributed by atoms with Gasteiger partial charge in [0.2, 0.25) is 0 Å². The van der Waals surface area contributed by atoms with Gasteiger partial charge >= 0.3 is 0 Å². The molecular formula is C58H51N. The molecule has 59 heavy (non-hydrogen) atoms. The van der Waals surface area contributed by atoms with Crippen LogP contribution in [0.1, 0.15) is 72.2 Å². The van der Waals surface area contributed by atoms with Crippen molar-refractivity contribution in [2.24, 2.45) is 0 Å². The summed E-state index contributed by atoms with van der Waals surface area (Å²) < 4.78 is 0. The van der Waals surface area contributed by atoms with Crippen molar-refractivity contribution < 1.29 is 0 Å². The number of aryl methyl sites for hydroxylation is 4. The first-order valence-corrected chi connectivity index (χ1v) is 21.1. The second-order valence-corrected chi connectivity index (χ2v) is 18.1. The fraction of sp³-hybridized carbons (Fsp3) is 0.172. The van der Waals surface area contributed by atoms with Crippen molar-refractivity contribution in [1.82, 2.24) is 0 Å². The van der Waals surface area contributed by atoms with Gasteiger partial charge in [-0.15, -0.1) is 0 Å². The molecule has 0 aromatic heterocycles. The van der Waals surface area contributed by atoms with Crippen LogP contribution in [0.3, 0.4) is 0 Å². The molecule has 0 radical (unpaired) electrons. The lowest BCUT2D eigenvalue weighted by atomic mass is 9.81. The van der Waals surface area contributed by atoms with Crippen LogP contribution in [0.5, 0.6) is 0 Å². The monoisotopic (exact) mass is 761 g/mol. The van der Waals surface area contributed by atoms with Crippen LogP contribution < -0.4 is 4.90 Å². The van der Waals surface area contributed by atoms with Crippen LogP contribution in [0.2, 0.25) is 0 Å². The Bertz CT molecular complexity index is 2960. The topological polar surface area (TPSA) is 3.24 Å². The molecule has 0 aliphatic heterocycles. The molecule has 1 heteroatoms. The van der Waals surface area contributed by atoms with Crippen LogP contribution >= 0.6 is 0 Å². The predicted molar refractivity (Wildman–Crippen MR) is 252 cm³/mol. The van der Waals surface area contributed by atoms with Gasteiger partial charge < -0.3 is 4.90 Å². The highest BCUT2D eigenvalue weighted by molar-refractivity contribution is 5.94. The Labute approximate surface area is 350 Å². The molecule has 0 saturated carbocycles. The number of nitrogens with zero attached hydrogens (tertiary/aromatic N) is 1. The minimum Gasteiger partial charge on any atom is -0.310 e. The third-order valence-corrected chi connectivity index (χ3v) is 13.5. The Balaban J connectivity index is 1.10. The molecule has 8 aromatic carbocycles. The fourth-order valence-electron chi connectivity index (χ4n) is 10.3. The Morgan fingerprint density at radius 1 is 0.322 bits per heavy atom. The van der Waals surface area contributed by atoms with Gasteiger partial charge in [0, 0.05) is 27.9 Å². The highest BCUT2D eigenvalue weighted by Crippen LogP contribution is 2.54. The molecule has 8 aromatic rings. The van der Waals surface area contributed by atoms with Crippen molar-refractivity contribution >= 4 is 17.1 Å². The molecular weight excluding hydrogens is 711 g/mol. The summed E-state index contributed by atoms with van der Waals surface area (Å²) in [6.45, 7) is 18.4. The van der Waals surface area contributed by atoms with E-state index in [1.54, 1.807) is 0 Å². The SMILES string of the molecule is Cc1ccc2c(c1)C(C)(C)c1cc(C)cc(-c3ccc(N(c4ccc(-c5cccc(C)c5-c5ccccc5C)cc4)c4ccc5c(c4)C(C)(C)c4ccccc4-5)cc3)c1-2. The van der Waals surface area contributed by atoms with E-state index in [2.05, 4.69) is 224 Å². The van der Waals surface area contributed by atoms with Gasteiger partial charge in [0.25, 0.3) is 0 Å². The van der Waals surface area contributed by atoms with Crippen molar-refractivity contribution in [3.63, 3.8) is 0 Å². The van der Waals surface area contributed by atoms with Crippen molar-refractivity contribution in [3.05, 3.63) is 208 Å². The van der Waals surface area contributed by atoms with E-state index in [0.717, 1.165) is 17.1 Å². The number of anilines is 3. The first-order chi connectivity index (χ1) is 28.4. The van der Waals surface area contributed by atoms with Gasteiger partial charge in [-0.2, -0.15) is 0 Å². The van der Waals surface area contributed by atoms with E-state index >= 15 is 0 Å². The highest BCUT2D eigenvalue weighted by atomic mass is 15.1. The van der Waals surface area contributed by atoms with Crippen molar-refractivity contribution in [2.45, 2.75) is 66.2 Å². The Hall–Kier alpha value is -6.44. The third-order valence-electron chi connectivity index (χ3n) is 13.5. The largest absolute Gasteiger partial charge is 0.310 e. The molecule has 0 amide bonds. The summed E-state index contributed by atoms with van der Waals surface area (Å²) in [5.74, 6) is 0. The van der Waals surface area contributed by atoms with E-state index in [4.69, 9.17) is 0 Å². The molecule has 10 rings (SSSR count). The average Bonchev–Trinajstić information content (AvgIpc) is 3.60. The number of fused-ring (bicyclic) bond motifs is 6. The van der Waals surface area contributed by atoms with Crippen LogP contribution in [0, 0.1) is 27.7 Å². The second kappa shape index (κ2) is 13.6. The zero-order chi connectivity index (χ0) is 40.8. The van der Waals surface area contributed by atoms with Gasteiger partial charge in [0.15, 0.2) is 0 Å². The molecule has 1 nitrogen and oxygen atoms in total. The summed E-state index contributed by atoms with van der Waals surface area (Å²) in [5, 5.41) is 0. The van der Waals surface area contributed by atoms with Gasteiger partial charge in [-0.25, -0.2) is 0 Å². The molecule has 0 N–H and O–H groups in total. The van der Waals surface area contributed by atoms with Crippen LogP contribution in [0.4, 0.5) is 17.1 Å². The van der Waals surface area contributed by atoms with Crippen LogP contribution in [-0.2, 0) is 10.8 Å². The number of hydrogen-bond acceptors (Lipinski definition) is 1. The normalized spacial score (nSPS) is 14.0. The number of rotatable bonds is 6. The third kappa shape index (κ3) is 5.82. The molecule has 0 atom stereocenters. The summed E-state index contributed by atoms with van der Waals surface area (Å²) in [7, 11) is 0. The molecule has 0 saturated heterocycles. The summed E-state index contributed by atoms with van der Waals surface area (Å²) in [6.07, 6.45) is 0. The summed E-state index contributed by atoms with van der Waals surface area (Å²) in [6, 6.07) is 61.7. The quantitative estimate of drug-likeness (QED) is 0.163. The highest BCUT2D eigenvalue weighted by Gasteiger charge is 2.38. The lowest BCUT2D eigenvalue weighted by Gasteiger charge is -2.28. The van der Waals surface area contributed by atoms with E-state index in [0.29, 0.717) is 0 Å². The molecule has 0 bridgehead atoms. The van der Waals surface area contributed by atoms with E-state index in [1.165, 1.54) is 100 Å². The van der Waals surface area contributed by atoms with E-state index in [-0.39, 0.29) is 10.8 Å². The van der Waals surface area contributed by atoms with Crippen LogP contribution in [0.25, 0.3) is 55.6 Å². The molecule has 288 valence electrons. The first kappa shape index (κ1) is 36.9. The van der Waals surface area contributed by atoms with E-state index < -0.39 is 0 Å². The lowest BCUT2D eigenvalue weighted by Crippen LogP contribution is -2.16. The lowest BCUT2D eigenvalue weighted by molar-refractivity contribution is 0.659. The van der Waals surface area contributed by atoms with E-state index in [9.17, 15) is 0 Å². The second-order valence-electron chi connectivity index (χ2n) is 18.1. The molecule has 2 aliphatic rings. The molecule has 0 fully saturated rings. The maximum atomic E-state index is 2.44. The Kier molecular flexibility index (Phi) is 8.48. The van der Waals surface area contributed by atoms with Gasteiger partial charge in [-0.1, -0.05) is 166 Å². The van der Waals surface area contributed by atoms with Crippen molar-refractivity contribution in [3.8, 4) is 55.6 Å². The van der Waals surface area contributed by atoms with Gasteiger partial charge in [-0.3, -0.25) is 0 Å². The number of benzene rings is 8. The maximum absolute atomic E-state index is 2.44.